The van der Waals surface area contributed by atoms with Gasteiger partial charge in [0.2, 0.25) is 0 Å². The third kappa shape index (κ3) is 5.82. The largest absolute Gasteiger partial charge is 0.508 e. The van der Waals surface area contributed by atoms with Crippen LogP contribution >= 0.6 is 0 Å². The van der Waals surface area contributed by atoms with Gasteiger partial charge in [0.1, 0.15) is 18.1 Å². The number of hydrogen-bond acceptors (Lipinski definition) is 7. The van der Waals surface area contributed by atoms with Crippen molar-refractivity contribution in [3.05, 3.63) is 48.1 Å². The number of aromatic hydroxyl groups is 2. The van der Waals surface area contributed by atoms with Gasteiger partial charge >= 0.3 is 6.01 Å². The molecule has 0 spiro atoms. The number of allylic oxidation sites excluding steroid dienone is 5. The molecule has 0 bridgehead atoms. The molecule has 4 rings (SSSR count). The standard InChI is InChI=1S/C28H39N5O3/c1-19(2)23-15-24(26(35)16-25(23)34)27-29-30-28(36-18-22-17-31(4)13-14-32(22)5)33(27)21-10-8-6-7-9-20(3)11-12-21/h10-12,15-16,19,22,34-35H,3,6-9,13-14,17-18H2,1-2,4-5H3/b12-11-,21-10+. The zero-order chi connectivity index (χ0) is 25.8. The van der Waals surface area contributed by atoms with Crippen LogP contribution in [0.5, 0.6) is 17.5 Å². The lowest BCUT2D eigenvalue weighted by Crippen LogP contribution is -2.52. The Kier molecular flexibility index (Phi) is 8.16. The van der Waals surface area contributed by atoms with Crippen molar-refractivity contribution >= 4 is 5.70 Å². The Balaban J connectivity index is 1.78. The molecule has 1 aromatic carbocycles. The molecule has 2 heterocycles. The average molecular weight is 494 g/mol. The topological polar surface area (TPSA) is 86.9 Å². The van der Waals surface area contributed by atoms with Crippen molar-refractivity contribution in [3.63, 3.8) is 0 Å². The Morgan fingerprint density at radius 1 is 1.08 bits per heavy atom. The number of hydrogen-bond donors (Lipinski definition) is 2. The molecule has 8 heteroatoms. The van der Waals surface area contributed by atoms with Crippen LogP contribution in [-0.2, 0) is 0 Å². The molecule has 2 aromatic rings. The molecular weight excluding hydrogens is 454 g/mol. The zero-order valence-corrected chi connectivity index (χ0v) is 21.9. The van der Waals surface area contributed by atoms with Gasteiger partial charge in [-0.3, -0.25) is 4.90 Å². The maximum atomic E-state index is 10.8. The first-order chi connectivity index (χ1) is 17.2. The molecule has 1 atom stereocenters. The van der Waals surface area contributed by atoms with Gasteiger partial charge in [-0.05, 0) is 63.4 Å². The maximum absolute atomic E-state index is 10.8. The van der Waals surface area contributed by atoms with E-state index in [-0.39, 0.29) is 23.5 Å². The first-order valence-corrected chi connectivity index (χ1v) is 12.8. The molecule has 2 aliphatic rings. The molecule has 1 aliphatic carbocycles. The summed E-state index contributed by atoms with van der Waals surface area (Å²) in [6.07, 6.45) is 10.2. The normalized spacial score (nSPS) is 22.5. The lowest BCUT2D eigenvalue weighted by molar-refractivity contribution is 0.0745. The quantitative estimate of drug-likeness (QED) is 0.607. The van der Waals surface area contributed by atoms with Crippen LogP contribution in [0.3, 0.4) is 0 Å². The monoisotopic (exact) mass is 493 g/mol. The Labute approximate surface area is 214 Å². The summed E-state index contributed by atoms with van der Waals surface area (Å²) in [7, 11) is 4.24. The van der Waals surface area contributed by atoms with Gasteiger partial charge in [-0.25, -0.2) is 4.57 Å². The molecule has 0 saturated carbocycles. The smallest absolute Gasteiger partial charge is 0.322 e. The van der Waals surface area contributed by atoms with Crippen LogP contribution in [-0.4, -0.2) is 81.2 Å². The summed E-state index contributed by atoms with van der Waals surface area (Å²) >= 11 is 0. The van der Waals surface area contributed by atoms with Crippen LogP contribution in [0.25, 0.3) is 17.1 Å². The highest BCUT2D eigenvalue weighted by Crippen LogP contribution is 2.39. The van der Waals surface area contributed by atoms with E-state index in [2.05, 4.69) is 46.7 Å². The van der Waals surface area contributed by atoms with Crippen molar-refractivity contribution in [2.45, 2.75) is 51.5 Å². The summed E-state index contributed by atoms with van der Waals surface area (Å²) < 4.78 is 8.19. The van der Waals surface area contributed by atoms with Crippen LogP contribution in [0.1, 0.15) is 51.0 Å². The highest BCUT2D eigenvalue weighted by Gasteiger charge is 2.26. The Morgan fingerprint density at radius 2 is 1.89 bits per heavy atom. The molecule has 8 nitrogen and oxygen atoms in total. The van der Waals surface area contributed by atoms with Crippen LogP contribution in [0.15, 0.2) is 42.5 Å². The second-order valence-corrected chi connectivity index (χ2v) is 10.3. The molecule has 0 radical (unpaired) electrons. The van der Waals surface area contributed by atoms with Crippen LogP contribution in [0.2, 0.25) is 0 Å². The highest BCUT2D eigenvalue weighted by atomic mass is 16.5. The molecule has 1 saturated heterocycles. The van der Waals surface area contributed by atoms with Crippen LogP contribution < -0.4 is 4.74 Å². The van der Waals surface area contributed by atoms with Gasteiger partial charge in [0.25, 0.3) is 0 Å². The van der Waals surface area contributed by atoms with E-state index in [1.165, 1.54) is 6.07 Å². The highest BCUT2D eigenvalue weighted by molar-refractivity contribution is 5.73. The fourth-order valence-electron chi connectivity index (χ4n) is 4.73. The summed E-state index contributed by atoms with van der Waals surface area (Å²) in [4.78, 5) is 4.62. The molecule has 0 amide bonds. The van der Waals surface area contributed by atoms with Crippen molar-refractivity contribution in [3.8, 4) is 28.9 Å². The summed E-state index contributed by atoms with van der Waals surface area (Å²) in [6.45, 7) is 11.6. The molecule has 36 heavy (non-hydrogen) atoms. The van der Waals surface area contributed by atoms with Crippen molar-refractivity contribution < 1.29 is 14.9 Å². The Morgan fingerprint density at radius 3 is 2.67 bits per heavy atom. The minimum Gasteiger partial charge on any atom is -0.508 e. The molecule has 2 N–H and O–H groups in total. The predicted molar refractivity (Wildman–Crippen MR) is 143 cm³/mol. The van der Waals surface area contributed by atoms with Gasteiger partial charge in [0, 0.05) is 31.4 Å². The lowest BCUT2D eigenvalue weighted by atomic mass is 9.98. The fraction of sp³-hybridized carbons (Fsp3) is 0.500. The van der Waals surface area contributed by atoms with E-state index >= 15 is 0 Å². The summed E-state index contributed by atoms with van der Waals surface area (Å²) in [5.41, 5.74) is 3.18. The van der Waals surface area contributed by atoms with Gasteiger partial charge in [-0.2, -0.15) is 0 Å². The van der Waals surface area contributed by atoms with E-state index in [0.29, 0.717) is 24.0 Å². The number of aromatic nitrogens is 3. The van der Waals surface area contributed by atoms with Gasteiger partial charge in [0.05, 0.1) is 11.6 Å². The number of rotatable bonds is 6. The van der Waals surface area contributed by atoms with Gasteiger partial charge in [0.15, 0.2) is 5.82 Å². The second-order valence-electron chi connectivity index (χ2n) is 10.3. The number of nitrogens with zero attached hydrogens (tertiary/aromatic N) is 5. The van der Waals surface area contributed by atoms with Crippen molar-refractivity contribution in [1.82, 2.24) is 24.6 Å². The molecule has 1 aliphatic heterocycles. The minimum atomic E-state index is -0.0530. The fourth-order valence-corrected chi connectivity index (χ4v) is 4.73. The first-order valence-electron chi connectivity index (χ1n) is 12.8. The number of likely N-dealkylation sites (N-methyl/N-ethyl adjacent to an activating group) is 2. The molecule has 1 aromatic heterocycles. The number of ether oxygens (including phenoxy) is 1. The zero-order valence-electron chi connectivity index (χ0n) is 21.9. The maximum Gasteiger partial charge on any atom is 0.322 e. The van der Waals surface area contributed by atoms with Crippen LogP contribution in [0.4, 0.5) is 0 Å². The summed E-state index contributed by atoms with van der Waals surface area (Å²) in [6, 6.07) is 3.79. The van der Waals surface area contributed by atoms with Crippen LogP contribution in [0, 0.1) is 0 Å². The number of piperazine rings is 1. The average Bonchev–Trinajstić information content (AvgIpc) is 3.27. The van der Waals surface area contributed by atoms with E-state index in [4.69, 9.17) is 4.74 Å². The summed E-state index contributed by atoms with van der Waals surface area (Å²) in [5.74, 6) is 0.556. The molecule has 194 valence electrons. The van der Waals surface area contributed by atoms with Gasteiger partial charge < -0.3 is 19.8 Å². The number of phenols is 2. The predicted octanol–water partition coefficient (Wildman–Crippen LogP) is 4.63. The third-order valence-corrected chi connectivity index (χ3v) is 7.08. The molecule has 1 unspecified atom stereocenters. The van der Waals surface area contributed by atoms with Gasteiger partial charge in [-0.1, -0.05) is 43.3 Å². The molecular formula is C28H39N5O3. The van der Waals surface area contributed by atoms with Gasteiger partial charge in [-0.15, -0.1) is 5.10 Å². The van der Waals surface area contributed by atoms with E-state index in [1.54, 1.807) is 6.07 Å². The van der Waals surface area contributed by atoms with E-state index < -0.39 is 0 Å². The second kappa shape index (κ2) is 11.3. The number of benzene rings is 1. The van der Waals surface area contributed by atoms with E-state index in [1.807, 2.05) is 30.6 Å². The third-order valence-electron chi connectivity index (χ3n) is 7.08. The summed E-state index contributed by atoms with van der Waals surface area (Å²) in [5, 5.41) is 30.1. The lowest BCUT2D eigenvalue weighted by Gasteiger charge is -2.37. The van der Waals surface area contributed by atoms with Crippen molar-refractivity contribution in [2.24, 2.45) is 0 Å². The Bertz CT molecular complexity index is 1150. The SMILES string of the molecule is C=C1/C=C\C(n2c(OCC3CN(C)CCN3C)nnc2-c2cc(C(C)C)c(O)cc2O)=C/CCCC1. The van der Waals surface area contributed by atoms with Crippen molar-refractivity contribution in [2.75, 3.05) is 40.3 Å². The van der Waals surface area contributed by atoms with E-state index in [9.17, 15) is 10.2 Å². The van der Waals surface area contributed by atoms with Crippen molar-refractivity contribution in [1.29, 1.82) is 0 Å². The Hall–Kier alpha value is -3.10. The number of phenolic OH excluding ortho intramolecular Hbond substituents is 2. The minimum absolute atomic E-state index is 0.0530. The first kappa shape index (κ1) is 26.0. The molecule has 1 fully saturated rings. The van der Waals surface area contributed by atoms with E-state index in [0.717, 1.165) is 62.2 Å².